The van der Waals surface area contributed by atoms with E-state index in [0.717, 1.165) is 18.4 Å². The zero-order chi connectivity index (χ0) is 17.4. The van der Waals surface area contributed by atoms with Crippen molar-refractivity contribution in [2.75, 3.05) is 6.61 Å². The first kappa shape index (κ1) is 17.5. The maximum absolute atomic E-state index is 12.1. The predicted octanol–water partition coefficient (Wildman–Crippen LogP) is 3.11. The molecule has 0 aliphatic heterocycles. The van der Waals surface area contributed by atoms with Crippen molar-refractivity contribution in [3.63, 3.8) is 0 Å². The minimum absolute atomic E-state index is 0.357. The molecule has 0 atom stereocenters. The fraction of sp³-hybridized carbons (Fsp3) is 0.263. The van der Waals surface area contributed by atoms with Crippen molar-refractivity contribution in [1.82, 2.24) is 10.9 Å². The van der Waals surface area contributed by atoms with Crippen molar-refractivity contribution in [2.45, 2.75) is 26.7 Å². The summed E-state index contributed by atoms with van der Waals surface area (Å²) in [5, 5.41) is 0. The van der Waals surface area contributed by atoms with Crippen LogP contribution < -0.4 is 15.6 Å². The van der Waals surface area contributed by atoms with E-state index in [0.29, 0.717) is 23.5 Å². The Labute approximate surface area is 142 Å². The number of carbonyl (C=O) groups excluding carboxylic acids is 2. The Balaban J connectivity index is 1.93. The molecule has 0 saturated carbocycles. The largest absolute Gasteiger partial charge is 0.494 e. The van der Waals surface area contributed by atoms with Crippen molar-refractivity contribution in [3.8, 4) is 5.75 Å². The number of carbonyl (C=O) groups is 2. The first-order chi connectivity index (χ1) is 11.6. The number of ether oxygens (including phenoxy) is 1. The van der Waals surface area contributed by atoms with Gasteiger partial charge in [0.1, 0.15) is 5.75 Å². The second-order valence-corrected chi connectivity index (χ2v) is 5.34. The second-order valence-electron chi connectivity index (χ2n) is 5.34. The Hall–Kier alpha value is -2.82. The molecular formula is C19H22N2O3. The summed E-state index contributed by atoms with van der Waals surface area (Å²) < 4.78 is 5.50. The van der Waals surface area contributed by atoms with Gasteiger partial charge < -0.3 is 4.74 Å². The molecule has 0 aromatic heterocycles. The lowest BCUT2D eigenvalue weighted by atomic mass is 10.1. The molecule has 5 nitrogen and oxygen atoms in total. The number of amides is 2. The highest BCUT2D eigenvalue weighted by molar-refractivity contribution is 5.99. The molecule has 5 heteroatoms. The molecule has 2 amide bonds. The van der Waals surface area contributed by atoms with E-state index >= 15 is 0 Å². The molecule has 0 unspecified atom stereocenters. The van der Waals surface area contributed by atoms with Gasteiger partial charge >= 0.3 is 0 Å². The molecule has 0 heterocycles. The van der Waals surface area contributed by atoms with E-state index in [1.54, 1.807) is 36.4 Å². The lowest BCUT2D eigenvalue weighted by Crippen LogP contribution is -2.41. The van der Waals surface area contributed by atoms with Gasteiger partial charge in [0, 0.05) is 11.1 Å². The SMILES string of the molecule is CCCOc1cccc(C(=O)NNC(=O)c2ccc(CC)cc2)c1. The smallest absolute Gasteiger partial charge is 0.269 e. The lowest BCUT2D eigenvalue weighted by Gasteiger charge is -2.09. The molecule has 0 bridgehead atoms. The number of benzene rings is 2. The van der Waals surface area contributed by atoms with Gasteiger partial charge in [0.15, 0.2) is 0 Å². The second kappa shape index (κ2) is 8.72. The van der Waals surface area contributed by atoms with Crippen LogP contribution in [0.1, 0.15) is 46.5 Å². The number of rotatable bonds is 6. The van der Waals surface area contributed by atoms with E-state index in [9.17, 15) is 9.59 Å². The van der Waals surface area contributed by atoms with Gasteiger partial charge in [-0.05, 0) is 48.7 Å². The molecule has 2 aromatic rings. The zero-order valence-corrected chi connectivity index (χ0v) is 14.0. The third-order valence-corrected chi connectivity index (χ3v) is 3.48. The van der Waals surface area contributed by atoms with Crippen LogP contribution in [-0.4, -0.2) is 18.4 Å². The topological polar surface area (TPSA) is 67.4 Å². The van der Waals surface area contributed by atoms with Gasteiger partial charge in [-0.2, -0.15) is 0 Å². The van der Waals surface area contributed by atoms with Gasteiger partial charge in [-0.15, -0.1) is 0 Å². The Morgan fingerprint density at radius 1 is 0.917 bits per heavy atom. The zero-order valence-electron chi connectivity index (χ0n) is 14.0. The number of nitrogens with one attached hydrogen (secondary N) is 2. The molecule has 24 heavy (non-hydrogen) atoms. The van der Waals surface area contributed by atoms with Gasteiger partial charge in [0.2, 0.25) is 0 Å². The summed E-state index contributed by atoms with van der Waals surface area (Å²) in [7, 11) is 0. The van der Waals surface area contributed by atoms with Crippen LogP contribution in [0.4, 0.5) is 0 Å². The molecule has 0 aliphatic rings. The average molecular weight is 326 g/mol. The van der Waals surface area contributed by atoms with Crippen LogP contribution in [0.5, 0.6) is 5.75 Å². The van der Waals surface area contributed by atoms with Crippen LogP contribution in [0, 0.1) is 0 Å². The number of hydrazine groups is 1. The number of hydrogen-bond acceptors (Lipinski definition) is 3. The summed E-state index contributed by atoms with van der Waals surface area (Å²) in [5.74, 6) is -0.120. The van der Waals surface area contributed by atoms with E-state index in [-0.39, 0.29) is 5.91 Å². The standard InChI is InChI=1S/C19H22N2O3/c1-3-12-24-17-7-5-6-16(13-17)19(23)21-20-18(22)15-10-8-14(4-2)9-11-15/h5-11,13H,3-4,12H2,1-2H3,(H,20,22)(H,21,23). The van der Waals surface area contributed by atoms with Crippen LogP contribution in [0.2, 0.25) is 0 Å². The van der Waals surface area contributed by atoms with E-state index in [2.05, 4.69) is 10.9 Å². The third kappa shape index (κ3) is 4.84. The van der Waals surface area contributed by atoms with Gasteiger partial charge in [-0.3, -0.25) is 20.4 Å². The summed E-state index contributed by atoms with van der Waals surface area (Å²) in [5.41, 5.74) is 6.90. The van der Waals surface area contributed by atoms with E-state index in [1.165, 1.54) is 0 Å². The van der Waals surface area contributed by atoms with Crippen LogP contribution in [0.25, 0.3) is 0 Å². The van der Waals surface area contributed by atoms with E-state index in [4.69, 9.17) is 4.74 Å². The molecule has 0 fully saturated rings. The van der Waals surface area contributed by atoms with Crippen molar-refractivity contribution in [1.29, 1.82) is 0 Å². The summed E-state index contributed by atoms with van der Waals surface area (Å²) in [6.07, 6.45) is 1.80. The Bertz CT molecular complexity index is 696. The molecule has 0 radical (unpaired) electrons. The van der Waals surface area contributed by atoms with Crippen molar-refractivity contribution >= 4 is 11.8 Å². The maximum Gasteiger partial charge on any atom is 0.269 e. The first-order valence-corrected chi connectivity index (χ1v) is 8.06. The third-order valence-electron chi connectivity index (χ3n) is 3.48. The van der Waals surface area contributed by atoms with Crippen molar-refractivity contribution in [2.24, 2.45) is 0 Å². The Morgan fingerprint density at radius 3 is 2.21 bits per heavy atom. The van der Waals surface area contributed by atoms with Crippen LogP contribution in [-0.2, 0) is 6.42 Å². The van der Waals surface area contributed by atoms with Crippen molar-refractivity contribution in [3.05, 3.63) is 65.2 Å². The Morgan fingerprint density at radius 2 is 1.58 bits per heavy atom. The molecule has 126 valence electrons. The van der Waals surface area contributed by atoms with Crippen molar-refractivity contribution < 1.29 is 14.3 Å². The van der Waals surface area contributed by atoms with Gasteiger partial charge in [-0.25, -0.2) is 0 Å². The molecule has 2 N–H and O–H groups in total. The normalized spacial score (nSPS) is 10.1. The van der Waals surface area contributed by atoms with E-state index < -0.39 is 5.91 Å². The predicted molar refractivity (Wildman–Crippen MR) is 93.0 cm³/mol. The number of hydrogen-bond donors (Lipinski definition) is 2. The van der Waals surface area contributed by atoms with Crippen LogP contribution in [0.3, 0.4) is 0 Å². The summed E-state index contributed by atoms with van der Waals surface area (Å²) in [4.78, 5) is 24.2. The highest BCUT2D eigenvalue weighted by Gasteiger charge is 2.10. The summed E-state index contributed by atoms with van der Waals surface area (Å²) in [6, 6.07) is 14.1. The maximum atomic E-state index is 12.1. The molecule has 2 aromatic carbocycles. The minimum Gasteiger partial charge on any atom is -0.494 e. The molecule has 0 aliphatic carbocycles. The quantitative estimate of drug-likeness (QED) is 0.802. The van der Waals surface area contributed by atoms with Gasteiger partial charge in [0.25, 0.3) is 11.8 Å². The lowest BCUT2D eigenvalue weighted by molar-refractivity contribution is 0.0846. The number of aryl methyl sites for hydroxylation is 1. The fourth-order valence-corrected chi connectivity index (χ4v) is 2.10. The molecule has 0 spiro atoms. The van der Waals surface area contributed by atoms with E-state index in [1.807, 2.05) is 26.0 Å². The molecule has 2 rings (SSSR count). The van der Waals surface area contributed by atoms with Crippen LogP contribution >= 0.6 is 0 Å². The Kier molecular flexibility index (Phi) is 6.37. The molecule has 0 saturated heterocycles. The van der Waals surface area contributed by atoms with Crippen LogP contribution in [0.15, 0.2) is 48.5 Å². The highest BCUT2D eigenvalue weighted by atomic mass is 16.5. The van der Waals surface area contributed by atoms with Gasteiger partial charge in [0.05, 0.1) is 6.61 Å². The minimum atomic E-state index is -0.393. The summed E-state index contributed by atoms with van der Waals surface area (Å²) in [6.45, 7) is 4.66. The fourth-order valence-electron chi connectivity index (χ4n) is 2.10. The monoisotopic (exact) mass is 326 g/mol. The first-order valence-electron chi connectivity index (χ1n) is 8.06. The highest BCUT2D eigenvalue weighted by Crippen LogP contribution is 2.13. The summed E-state index contributed by atoms with van der Waals surface area (Å²) >= 11 is 0. The van der Waals surface area contributed by atoms with Gasteiger partial charge in [-0.1, -0.05) is 32.0 Å². The average Bonchev–Trinajstić information content (AvgIpc) is 2.64. The molecular weight excluding hydrogens is 304 g/mol.